The first-order chi connectivity index (χ1) is 6.70. The van der Waals surface area contributed by atoms with Crippen LogP contribution in [0.3, 0.4) is 0 Å². The maximum absolute atomic E-state index is 11.3. The lowest BCUT2D eigenvalue weighted by molar-refractivity contribution is -0.118. The molecule has 3 nitrogen and oxygen atoms in total. The lowest BCUT2D eigenvalue weighted by Crippen LogP contribution is -2.28. The zero-order valence-corrected chi connectivity index (χ0v) is 8.01. The molecule has 0 fully saturated rings. The van der Waals surface area contributed by atoms with Crippen molar-refractivity contribution in [3.63, 3.8) is 0 Å². The van der Waals surface area contributed by atoms with Gasteiger partial charge in [0.2, 0.25) is 5.91 Å². The van der Waals surface area contributed by atoms with Crippen LogP contribution in [0.4, 0.5) is 5.69 Å². The summed E-state index contributed by atoms with van der Waals surface area (Å²) in [5.74, 6) is -0.828. The smallest absolute Gasteiger partial charge is 0.242 e. The summed E-state index contributed by atoms with van der Waals surface area (Å²) < 4.78 is 0. The Balaban J connectivity index is 2.41. The SMILES string of the molecule is N#CC1Cc2ccc(Cl)cc2NC1=O. The van der Waals surface area contributed by atoms with Gasteiger partial charge < -0.3 is 5.32 Å². The molecule has 0 radical (unpaired) electrons. The predicted octanol–water partition coefficient (Wildman–Crippen LogP) is 1.97. The van der Waals surface area contributed by atoms with Gasteiger partial charge in [-0.1, -0.05) is 17.7 Å². The molecule has 1 atom stereocenters. The lowest BCUT2D eigenvalue weighted by atomic mass is 9.94. The van der Waals surface area contributed by atoms with Gasteiger partial charge in [-0.25, -0.2) is 0 Å². The first-order valence-electron chi connectivity index (χ1n) is 4.19. The molecular weight excluding hydrogens is 200 g/mol. The molecule has 0 saturated carbocycles. The van der Waals surface area contributed by atoms with Gasteiger partial charge in [0.1, 0.15) is 5.92 Å². The molecule has 1 heterocycles. The minimum absolute atomic E-state index is 0.248. The van der Waals surface area contributed by atoms with Crippen molar-refractivity contribution in [3.05, 3.63) is 28.8 Å². The Morgan fingerprint density at radius 2 is 2.36 bits per heavy atom. The third-order valence-electron chi connectivity index (χ3n) is 2.23. The van der Waals surface area contributed by atoms with E-state index in [0.29, 0.717) is 17.1 Å². The van der Waals surface area contributed by atoms with E-state index in [1.807, 2.05) is 12.1 Å². The van der Waals surface area contributed by atoms with E-state index in [9.17, 15) is 4.79 Å². The van der Waals surface area contributed by atoms with E-state index in [4.69, 9.17) is 16.9 Å². The summed E-state index contributed by atoms with van der Waals surface area (Å²) in [6.45, 7) is 0. The quantitative estimate of drug-likeness (QED) is 0.706. The van der Waals surface area contributed by atoms with Gasteiger partial charge in [-0.05, 0) is 24.1 Å². The van der Waals surface area contributed by atoms with Gasteiger partial charge in [-0.15, -0.1) is 0 Å². The van der Waals surface area contributed by atoms with E-state index in [0.717, 1.165) is 5.56 Å². The summed E-state index contributed by atoms with van der Waals surface area (Å²) >= 11 is 5.78. The fourth-order valence-electron chi connectivity index (χ4n) is 1.48. The van der Waals surface area contributed by atoms with Crippen LogP contribution in [0.1, 0.15) is 5.56 Å². The summed E-state index contributed by atoms with van der Waals surface area (Å²) in [7, 11) is 0. The number of hydrogen-bond acceptors (Lipinski definition) is 2. The number of fused-ring (bicyclic) bond motifs is 1. The number of amides is 1. The molecule has 0 saturated heterocycles. The average Bonchev–Trinajstić information content (AvgIpc) is 2.16. The van der Waals surface area contributed by atoms with E-state index >= 15 is 0 Å². The van der Waals surface area contributed by atoms with Gasteiger partial charge in [-0.3, -0.25) is 4.79 Å². The number of carbonyl (C=O) groups is 1. The highest BCUT2D eigenvalue weighted by molar-refractivity contribution is 6.31. The van der Waals surface area contributed by atoms with E-state index in [2.05, 4.69) is 5.32 Å². The molecule has 1 aromatic rings. The molecule has 1 aliphatic rings. The van der Waals surface area contributed by atoms with Crippen LogP contribution in [0.15, 0.2) is 18.2 Å². The molecule has 0 aliphatic carbocycles. The van der Waals surface area contributed by atoms with Crippen molar-refractivity contribution in [2.24, 2.45) is 5.92 Å². The summed E-state index contributed by atoms with van der Waals surface area (Å²) in [5.41, 5.74) is 1.68. The van der Waals surface area contributed by atoms with Crippen molar-refractivity contribution in [1.82, 2.24) is 0 Å². The number of rotatable bonds is 0. The van der Waals surface area contributed by atoms with Crippen LogP contribution in [0.2, 0.25) is 5.02 Å². The third-order valence-corrected chi connectivity index (χ3v) is 2.46. The fourth-order valence-corrected chi connectivity index (χ4v) is 1.65. The Labute approximate surface area is 86.3 Å². The predicted molar refractivity (Wildman–Crippen MR) is 52.9 cm³/mol. The lowest BCUT2D eigenvalue weighted by Gasteiger charge is -2.20. The Bertz CT molecular complexity index is 436. The van der Waals surface area contributed by atoms with Crippen LogP contribution >= 0.6 is 11.6 Å². The zero-order valence-electron chi connectivity index (χ0n) is 7.25. The number of anilines is 1. The molecule has 1 amide bonds. The van der Waals surface area contributed by atoms with E-state index in [1.54, 1.807) is 12.1 Å². The molecule has 1 N–H and O–H groups in total. The number of nitriles is 1. The Kier molecular flexibility index (Phi) is 2.14. The molecule has 70 valence electrons. The van der Waals surface area contributed by atoms with E-state index < -0.39 is 5.92 Å². The molecule has 1 unspecified atom stereocenters. The number of nitrogens with zero attached hydrogens (tertiary/aromatic N) is 1. The molecule has 14 heavy (non-hydrogen) atoms. The molecule has 0 bridgehead atoms. The van der Waals surface area contributed by atoms with Gasteiger partial charge in [0.15, 0.2) is 0 Å². The second kappa shape index (κ2) is 3.32. The zero-order chi connectivity index (χ0) is 10.1. The van der Waals surface area contributed by atoms with Crippen molar-refractivity contribution in [1.29, 1.82) is 5.26 Å². The minimum atomic E-state index is -0.580. The van der Waals surface area contributed by atoms with Crippen molar-refractivity contribution in [3.8, 4) is 6.07 Å². The average molecular weight is 207 g/mol. The van der Waals surface area contributed by atoms with Crippen LogP contribution in [0.5, 0.6) is 0 Å². The number of nitrogens with one attached hydrogen (secondary N) is 1. The van der Waals surface area contributed by atoms with Gasteiger partial charge in [0.05, 0.1) is 6.07 Å². The minimum Gasteiger partial charge on any atom is -0.325 e. The fraction of sp³-hybridized carbons (Fsp3) is 0.200. The first kappa shape index (κ1) is 9.04. The van der Waals surface area contributed by atoms with Crippen LogP contribution in [0.25, 0.3) is 0 Å². The topological polar surface area (TPSA) is 52.9 Å². The van der Waals surface area contributed by atoms with E-state index in [-0.39, 0.29) is 5.91 Å². The normalized spacial score (nSPS) is 19.4. The van der Waals surface area contributed by atoms with Gasteiger partial charge in [0.25, 0.3) is 0 Å². The van der Waals surface area contributed by atoms with Gasteiger partial charge >= 0.3 is 0 Å². The summed E-state index contributed by atoms with van der Waals surface area (Å²) in [6.07, 6.45) is 0.467. The third kappa shape index (κ3) is 1.45. The molecule has 2 rings (SSSR count). The van der Waals surface area contributed by atoms with Crippen LogP contribution in [0, 0.1) is 17.2 Å². The Morgan fingerprint density at radius 3 is 3.07 bits per heavy atom. The van der Waals surface area contributed by atoms with Crippen molar-refractivity contribution < 1.29 is 4.79 Å². The Morgan fingerprint density at radius 1 is 1.57 bits per heavy atom. The number of carbonyl (C=O) groups excluding carboxylic acids is 1. The van der Waals surface area contributed by atoms with Crippen LogP contribution in [-0.4, -0.2) is 5.91 Å². The molecule has 1 aromatic carbocycles. The van der Waals surface area contributed by atoms with Crippen molar-refractivity contribution in [2.45, 2.75) is 6.42 Å². The monoisotopic (exact) mass is 206 g/mol. The largest absolute Gasteiger partial charge is 0.325 e. The maximum atomic E-state index is 11.3. The van der Waals surface area contributed by atoms with Gasteiger partial charge in [0, 0.05) is 10.7 Å². The standard InChI is InChI=1S/C10H7ClN2O/c11-8-2-1-6-3-7(5-12)10(14)13-9(6)4-8/h1-2,4,7H,3H2,(H,13,14). The molecular formula is C10H7ClN2O. The second-order valence-corrected chi connectivity index (χ2v) is 3.61. The number of benzene rings is 1. The molecule has 4 heteroatoms. The molecule has 0 aromatic heterocycles. The molecule has 0 spiro atoms. The van der Waals surface area contributed by atoms with Crippen LogP contribution < -0.4 is 5.32 Å². The maximum Gasteiger partial charge on any atom is 0.242 e. The van der Waals surface area contributed by atoms with Gasteiger partial charge in [-0.2, -0.15) is 5.26 Å². The Hall–Kier alpha value is -1.53. The highest BCUT2D eigenvalue weighted by Gasteiger charge is 2.25. The van der Waals surface area contributed by atoms with Crippen LogP contribution in [-0.2, 0) is 11.2 Å². The summed E-state index contributed by atoms with van der Waals surface area (Å²) in [5, 5.41) is 11.9. The summed E-state index contributed by atoms with van der Waals surface area (Å²) in [4.78, 5) is 11.3. The van der Waals surface area contributed by atoms with Crippen molar-refractivity contribution in [2.75, 3.05) is 5.32 Å². The van der Waals surface area contributed by atoms with Crippen molar-refractivity contribution >= 4 is 23.2 Å². The highest BCUT2D eigenvalue weighted by atomic mass is 35.5. The van der Waals surface area contributed by atoms with E-state index in [1.165, 1.54) is 0 Å². The summed E-state index contributed by atoms with van der Waals surface area (Å²) in [6, 6.07) is 7.25. The number of halogens is 1. The highest BCUT2D eigenvalue weighted by Crippen LogP contribution is 2.27. The first-order valence-corrected chi connectivity index (χ1v) is 4.57. The number of hydrogen-bond donors (Lipinski definition) is 1. The second-order valence-electron chi connectivity index (χ2n) is 3.18. The molecule has 1 aliphatic heterocycles.